The van der Waals surface area contributed by atoms with E-state index in [0.717, 1.165) is 12.8 Å². The van der Waals surface area contributed by atoms with Gasteiger partial charge in [0.1, 0.15) is 11.5 Å². The third-order valence-electron chi connectivity index (χ3n) is 3.59. The molecule has 1 unspecified atom stereocenters. The number of carbonyl (C=O) groups excluding carboxylic acids is 1. The average Bonchev–Trinajstić information content (AvgIpc) is 2.37. The summed E-state index contributed by atoms with van der Waals surface area (Å²) in [5, 5.41) is 18.9. The summed E-state index contributed by atoms with van der Waals surface area (Å²) in [7, 11) is 1.65. The first-order chi connectivity index (χ1) is 8.93. The molecule has 5 nitrogen and oxygen atoms in total. The van der Waals surface area contributed by atoms with Gasteiger partial charge in [0, 0.05) is 31.8 Å². The van der Waals surface area contributed by atoms with Gasteiger partial charge in [-0.3, -0.25) is 4.79 Å². The number of piperidine rings is 1. The van der Waals surface area contributed by atoms with Gasteiger partial charge >= 0.3 is 0 Å². The number of methoxy groups -OCH3 is 1. The summed E-state index contributed by atoms with van der Waals surface area (Å²) < 4.78 is 5.45. The van der Waals surface area contributed by atoms with Crippen LogP contribution in [0.5, 0.6) is 11.5 Å². The average molecular weight is 265 g/mol. The van der Waals surface area contributed by atoms with Crippen LogP contribution in [0.2, 0.25) is 0 Å². The maximum Gasteiger partial charge on any atom is 0.254 e. The van der Waals surface area contributed by atoms with Gasteiger partial charge in [-0.05, 0) is 31.9 Å². The highest BCUT2D eigenvalue weighted by atomic mass is 16.5. The van der Waals surface area contributed by atoms with Crippen LogP contribution in [0.25, 0.3) is 0 Å². The SMILES string of the molecule is COC1(C)CCCN(C(=O)c2cc(O)cc(O)c2)C1. The standard InChI is InChI=1S/C14H19NO4/c1-14(19-2)4-3-5-15(9-14)13(18)10-6-11(16)8-12(17)7-10/h6-8,16-17H,3-5,9H2,1-2H3. The first-order valence-electron chi connectivity index (χ1n) is 6.31. The number of aromatic hydroxyl groups is 2. The van der Waals surface area contributed by atoms with Crippen molar-refractivity contribution in [2.75, 3.05) is 20.2 Å². The summed E-state index contributed by atoms with van der Waals surface area (Å²) in [5.74, 6) is -0.432. The van der Waals surface area contributed by atoms with E-state index in [4.69, 9.17) is 4.74 Å². The van der Waals surface area contributed by atoms with Gasteiger partial charge < -0.3 is 19.8 Å². The second kappa shape index (κ2) is 5.09. The van der Waals surface area contributed by atoms with Crippen molar-refractivity contribution in [3.63, 3.8) is 0 Å². The maximum atomic E-state index is 12.4. The minimum Gasteiger partial charge on any atom is -0.508 e. The number of carbonyl (C=O) groups is 1. The highest BCUT2D eigenvalue weighted by Gasteiger charge is 2.33. The fraction of sp³-hybridized carbons (Fsp3) is 0.500. The highest BCUT2D eigenvalue weighted by Crippen LogP contribution is 2.27. The van der Waals surface area contributed by atoms with E-state index in [0.29, 0.717) is 13.1 Å². The number of hydrogen-bond donors (Lipinski definition) is 2. The molecular formula is C14H19NO4. The van der Waals surface area contributed by atoms with E-state index in [9.17, 15) is 15.0 Å². The Hall–Kier alpha value is -1.75. The van der Waals surface area contributed by atoms with Crippen LogP contribution < -0.4 is 0 Å². The van der Waals surface area contributed by atoms with Gasteiger partial charge in [-0.25, -0.2) is 0 Å². The minimum absolute atomic E-state index is 0.116. The zero-order valence-corrected chi connectivity index (χ0v) is 11.2. The fourth-order valence-corrected chi connectivity index (χ4v) is 2.45. The van der Waals surface area contributed by atoms with Crippen LogP contribution >= 0.6 is 0 Å². The number of hydrogen-bond acceptors (Lipinski definition) is 4. The molecule has 1 aromatic carbocycles. The van der Waals surface area contributed by atoms with Crippen molar-refractivity contribution in [3.05, 3.63) is 23.8 Å². The largest absolute Gasteiger partial charge is 0.508 e. The van der Waals surface area contributed by atoms with Crippen molar-refractivity contribution < 1.29 is 19.7 Å². The summed E-state index contributed by atoms with van der Waals surface area (Å²) in [5.41, 5.74) is -0.0369. The van der Waals surface area contributed by atoms with Gasteiger partial charge in [-0.15, -0.1) is 0 Å². The van der Waals surface area contributed by atoms with E-state index in [1.165, 1.54) is 18.2 Å². The number of ether oxygens (including phenoxy) is 1. The third-order valence-corrected chi connectivity index (χ3v) is 3.59. The number of benzene rings is 1. The number of rotatable bonds is 2. The first kappa shape index (κ1) is 13.7. The summed E-state index contributed by atoms with van der Waals surface area (Å²) in [4.78, 5) is 14.1. The molecule has 1 atom stereocenters. The molecule has 19 heavy (non-hydrogen) atoms. The van der Waals surface area contributed by atoms with Crippen molar-refractivity contribution in [1.82, 2.24) is 4.90 Å². The lowest BCUT2D eigenvalue weighted by Gasteiger charge is -2.39. The molecule has 1 amide bonds. The molecule has 104 valence electrons. The Morgan fingerprint density at radius 2 is 1.95 bits per heavy atom. The molecule has 1 aliphatic rings. The second-order valence-corrected chi connectivity index (χ2v) is 5.22. The monoisotopic (exact) mass is 265 g/mol. The topological polar surface area (TPSA) is 70.0 Å². The Morgan fingerprint density at radius 1 is 1.32 bits per heavy atom. The fourth-order valence-electron chi connectivity index (χ4n) is 2.45. The maximum absolute atomic E-state index is 12.4. The molecule has 0 aliphatic carbocycles. The summed E-state index contributed by atoms with van der Waals surface area (Å²) in [6, 6.07) is 3.92. The number of phenolic OH excluding ortho intramolecular Hbond substituents is 2. The van der Waals surface area contributed by atoms with Gasteiger partial charge in [-0.2, -0.15) is 0 Å². The van der Waals surface area contributed by atoms with Crippen LogP contribution in [0.4, 0.5) is 0 Å². The molecule has 0 saturated carbocycles. The van der Waals surface area contributed by atoms with Crippen molar-refractivity contribution in [3.8, 4) is 11.5 Å². The summed E-state index contributed by atoms with van der Waals surface area (Å²) in [6.07, 6.45) is 1.79. The smallest absolute Gasteiger partial charge is 0.254 e. The van der Waals surface area contributed by atoms with E-state index in [1.807, 2.05) is 6.92 Å². The van der Waals surface area contributed by atoms with E-state index in [1.54, 1.807) is 12.0 Å². The molecule has 1 fully saturated rings. The lowest BCUT2D eigenvalue weighted by molar-refractivity contribution is -0.0440. The first-order valence-corrected chi connectivity index (χ1v) is 6.31. The van der Waals surface area contributed by atoms with Crippen LogP contribution in [-0.2, 0) is 4.74 Å². The lowest BCUT2D eigenvalue weighted by atomic mass is 9.94. The quantitative estimate of drug-likeness (QED) is 0.854. The van der Waals surface area contributed by atoms with Gasteiger partial charge in [0.15, 0.2) is 0 Å². The van der Waals surface area contributed by atoms with Crippen molar-refractivity contribution >= 4 is 5.91 Å². The third kappa shape index (κ3) is 2.98. The van der Waals surface area contributed by atoms with Crippen LogP contribution in [0.1, 0.15) is 30.1 Å². The molecule has 0 bridgehead atoms. The molecule has 0 radical (unpaired) electrons. The zero-order chi connectivity index (χ0) is 14.0. The van der Waals surface area contributed by atoms with E-state index < -0.39 is 0 Å². The number of nitrogens with zero attached hydrogens (tertiary/aromatic N) is 1. The van der Waals surface area contributed by atoms with Gasteiger partial charge in [-0.1, -0.05) is 0 Å². The van der Waals surface area contributed by atoms with E-state index in [2.05, 4.69) is 0 Å². The molecule has 2 rings (SSSR count). The van der Waals surface area contributed by atoms with Gasteiger partial charge in [0.2, 0.25) is 0 Å². The van der Waals surface area contributed by atoms with Crippen LogP contribution in [0.3, 0.4) is 0 Å². The lowest BCUT2D eigenvalue weighted by Crippen LogP contribution is -2.49. The Bertz CT molecular complexity index is 468. The highest BCUT2D eigenvalue weighted by molar-refractivity contribution is 5.95. The molecule has 1 aromatic rings. The van der Waals surface area contributed by atoms with Gasteiger partial charge in [0.25, 0.3) is 5.91 Å². The Kier molecular flexibility index (Phi) is 3.66. The zero-order valence-electron chi connectivity index (χ0n) is 11.2. The number of phenols is 2. The molecule has 1 heterocycles. The Labute approximate surface area is 112 Å². The number of likely N-dealkylation sites (tertiary alicyclic amines) is 1. The molecule has 0 spiro atoms. The predicted octanol–water partition coefficient (Wildman–Crippen LogP) is 1.74. The van der Waals surface area contributed by atoms with E-state index >= 15 is 0 Å². The van der Waals surface area contributed by atoms with Crippen molar-refractivity contribution in [2.24, 2.45) is 0 Å². The van der Waals surface area contributed by atoms with Crippen molar-refractivity contribution in [1.29, 1.82) is 0 Å². The molecule has 5 heteroatoms. The van der Waals surface area contributed by atoms with Crippen LogP contribution in [-0.4, -0.2) is 46.8 Å². The second-order valence-electron chi connectivity index (χ2n) is 5.22. The van der Waals surface area contributed by atoms with Crippen LogP contribution in [0, 0.1) is 0 Å². The molecule has 0 aromatic heterocycles. The van der Waals surface area contributed by atoms with Crippen LogP contribution in [0.15, 0.2) is 18.2 Å². The van der Waals surface area contributed by atoms with Crippen molar-refractivity contribution in [2.45, 2.75) is 25.4 Å². The van der Waals surface area contributed by atoms with E-state index in [-0.39, 0.29) is 28.6 Å². The summed E-state index contributed by atoms with van der Waals surface area (Å²) in [6.45, 7) is 3.15. The predicted molar refractivity (Wildman–Crippen MR) is 70.3 cm³/mol. The number of amides is 1. The van der Waals surface area contributed by atoms with Gasteiger partial charge in [0.05, 0.1) is 5.60 Å². The molecule has 2 N–H and O–H groups in total. The summed E-state index contributed by atoms with van der Waals surface area (Å²) >= 11 is 0. The molecule has 1 saturated heterocycles. The normalized spacial score (nSPS) is 23.4. The molecule has 1 aliphatic heterocycles. The molecular weight excluding hydrogens is 246 g/mol. The Balaban J connectivity index is 2.19. The minimum atomic E-state index is -0.327. The Morgan fingerprint density at radius 3 is 2.53 bits per heavy atom.